The molecule has 31 heavy (non-hydrogen) atoms. The molecule has 2 heterocycles. The third kappa shape index (κ3) is 4.89. The quantitative estimate of drug-likeness (QED) is 0.459. The van der Waals surface area contributed by atoms with Crippen LogP contribution >= 0.6 is 0 Å². The number of benzene rings is 1. The SMILES string of the molecule is Cc1cc(F)ccc1C1=CCN(S(=O)(=O)CC2(C(=O)NO)CCN(C(=O)O)CC2)CC1. The number of nitrogens with zero attached hydrogens (tertiary/aromatic N) is 2. The maximum atomic E-state index is 13.4. The molecule has 2 amide bonds. The molecule has 0 aliphatic carbocycles. The molecule has 1 aromatic carbocycles. The second kappa shape index (κ2) is 8.93. The lowest BCUT2D eigenvalue weighted by Crippen LogP contribution is -2.54. The zero-order chi connectivity index (χ0) is 22.8. The maximum Gasteiger partial charge on any atom is 0.407 e. The number of amides is 2. The third-order valence-corrected chi connectivity index (χ3v) is 8.17. The van der Waals surface area contributed by atoms with Crippen LogP contribution in [0.15, 0.2) is 24.3 Å². The van der Waals surface area contributed by atoms with Crippen molar-refractivity contribution in [2.45, 2.75) is 26.2 Å². The number of aryl methyl sites for hydroxylation is 1. The number of hydroxylamine groups is 1. The van der Waals surface area contributed by atoms with E-state index in [9.17, 15) is 22.4 Å². The Kier molecular flexibility index (Phi) is 6.68. The molecular formula is C20H26FN3O6S. The van der Waals surface area contributed by atoms with Crippen molar-refractivity contribution in [1.82, 2.24) is 14.7 Å². The number of rotatable bonds is 5. The molecule has 0 spiro atoms. The normalized spacial score (nSPS) is 19.6. The second-order valence-electron chi connectivity index (χ2n) is 8.04. The smallest absolute Gasteiger partial charge is 0.407 e. The van der Waals surface area contributed by atoms with Gasteiger partial charge in [0.25, 0.3) is 5.91 Å². The summed E-state index contributed by atoms with van der Waals surface area (Å²) in [7, 11) is -3.87. The molecule has 0 bridgehead atoms. The van der Waals surface area contributed by atoms with Gasteiger partial charge in [-0.15, -0.1) is 0 Å². The maximum absolute atomic E-state index is 13.4. The van der Waals surface area contributed by atoms with Gasteiger partial charge in [0, 0.05) is 26.2 Å². The van der Waals surface area contributed by atoms with Crippen LogP contribution in [0.1, 0.15) is 30.4 Å². The number of carboxylic acid groups (broad SMARTS) is 1. The lowest BCUT2D eigenvalue weighted by Gasteiger charge is -2.40. The predicted octanol–water partition coefficient (Wildman–Crippen LogP) is 1.82. The van der Waals surface area contributed by atoms with Crippen LogP contribution in [0.25, 0.3) is 5.57 Å². The van der Waals surface area contributed by atoms with E-state index in [2.05, 4.69) is 0 Å². The van der Waals surface area contributed by atoms with Gasteiger partial charge in [0.05, 0.1) is 11.2 Å². The van der Waals surface area contributed by atoms with Crippen LogP contribution in [0.4, 0.5) is 9.18 Å². The summed E-state index contributed by atoms with van der Waals surface area (Å²) in [6, 6.07) is 4.48. The van der Waals surface area contributed by atoms with E-state index in [0.717, 1.165) is 21.6 Å². The molecule has 3 rings (SSSR count). The Hall–Kier alpha value is -2.50. The topological polar surface area (TPSA) is 127 Å². The summed E-state index contributed by atoms with van der Waals surface area (Å²) in [6.07, 6.45) is 1.08. The number of carbonyl (C=O) groups excluding carboxylic acids is 1. The zero-order valence-corrected chi connectivity index (χ0v) is 18.0. The molecule has 1 aromatic rings. The minimum absolute atomic E-state index is 0.00533. The lowest BCUT2D eigenvalue weighted by molar-refractivity contribution is -0.141. The van der Waals surface area contributed by atoms with Crippen LogP contribution in [0.2, 0.25) is 0 Å². The van der Waals surface area contributed by atoms with E-state index in [0.29, 0.717) is 6.42 Å². The van der Waals surface area contributed by atoms with Crippen LogP contribution in [0.5, 0.6) is 0 Å². The van der Waals surface area contributed by atoms with Gasteiger partial charge in [0.1, 0.15) is 5.82 Å². The van der Waals surface area contributed by atoms with Crippen LogP contribution in [0, 0.1) is 18.2 Å². The highest BCUT2D eigenvalue weighted by atomic mass is 32.2. The summed E-state index contributed by atoms with van der Waals surface area (Å²) in [5, 5.41) is 18.3. The molecule has 0 aromatic heterocycles. The van der Waals surface area contributed by atoms with E-state index in [1.165, 1.54) is 16.4 Å². The molecule has 0 unspecified atom stereocenters. The summed E-state index contributed by atoms with van der Waals surface area (Å²) in [6.45, 7) is 2.14. The van der Waals surface area contributed by atoms with E-state index in [-0.39, 0.29) is 44.8 Å². The Balaban J connectivity index is 1.76. The Morgan fingerprint density at radius 2 is 1.90 bits per heavy atom. The molecule has 3 N–H and O–H groups in total. The molecule has 1 saturated heterocycles. The first kappa shape index (κ1) is 23.2. The molecule has 9 nitrogen and oxygen atoms in total. The van der Waals surface area contributed by atoms with Gasteiger partial charge in [0.15, 0.2) is 0 Å². The zero-order valence-electron chi connectivity index (χ0n) is 17.2. The van der Waals surface area contributed by atoms with Crippen LogP contribution in [-0.2, 0) is 14.8 Å². The number of hydrogen-bond acceptors (Lipinski definition) is 5. The largest absolute Gasteiger partial charge is 0.465 e. The van der Waals surface area contributed by atoms with Crippen molar-refractivity contribution in [1.29, 1.82) is 0 Å². The molecule has 0 radical (unpaired) electrons. The number of piperidine rings is 1. The third-order valence-electron chi connectivity index (χ3n) is 6.13. The molecule has 2 aliphatic rings. The van der Waals surface area contributed by atoms with Gasteiger partial charge in [-0.25, -0.2) is 23.1 Å². The van der Waals surface area contributed by atoms with E-state index < -0.39 is 33.2 Å². The van der Waals surface area contributed by atoms with Gasteiger partial charge in [-0.1, -0.05) is 12.1 Å². The first-order valence-electron chi connectivity index (χ1n) is 9.94. The molecule has 11 heteroatoms. The van der Waals surface area contributed by atoms with Crippen LogP contribution in [-0.4, -0.2) is 71.9 Å². The summed E-state index contributed by atoms with van der Waals surface area (Å²) >= 11 is 0. The van der Waals surface area contributed by atoms with E-state index in [4.69, 9.17) is 10.3 Å². The highest BCUT2D eigenvalue weighted by Gasteiger charge is 2.47. The van der Waals surface area contributed by atoms with E-state index in [1.807, 2.05) is 0 Å². The molecular weight excluding hydrogens is 429 g/mol. The van der Waals surface area contributed by atoms with Crippen molar-refractivity contribution in [2.24, 2.45) is 5.41 Å². The summed E-state index contributed by atoms with van der Waals surface area (Å²) in [5.74, 6) is -1.67. The van der Waals surface area contributed by atoms with Gasteiger partial charge in [-0.3, -0.25) is 10.0 Å². The number of nitrogens with one attached hydrogen (secondary N) is 1. The van der Waals surface area contributed by atoms with Gasteiger partial charge < -0.3 is 10.0 Å². The molecule has 2 aliphatic heterocycles. The fraction of sp³-hybridized carbons (Fsp3) is 0.500. The fourth-order valence-corrected chi connectivity index (χ4v) is 6.23. The van der Waals surface area contributed by atoms with E-state index in [1.54, 1.807) is 24.5 Å². The number of sulfonamides is 1. The average Bonchev–Trinajstić information content (AvgIpc) is 2.73. The van der Waals surface area contributed by atoms with Crippen molar-refractivity contribution in [3.05, 3.63) is 41.2 Å². The minimum Gasteiger partial charge on any atom is -0.465 e. The van der Waals surface area contributed by atoms with Crippen molar-refractivity contribution >= 4 is 27.6 Å². The Bertz CT molecular complexity index is 1000. The molecule has 0 saturated carbocycles. The molecule has 170 valence electrons. The minimum atomic E-state index is -3.87. The summed E-state index contributed by atoms with van der Waals surface area (Å²) in [4.78, 5) is 24.6. The fourth-order valence-electron chi connectivity index (χ4n) is 4.26. The van der Waals surface area contributed by atoms with Gasteiger partial charge in [-0.2, -0.15) is 4.31 Å². The molecule has 1 fully saturated rings. The summed E-state index contributed by atoms with van der Waals surface area (Å²) in [5.41, 5.74) is 2.72. The van der Waals surface area contributed by atoms with Crippen molar-refractivity contribution in [2.75, 3.05) is 31.9 Å². The van der Waals surface area contributed by atoms with E-state index >= 15 is 0 Å². The Labute approximate surface area is 180 Å². The highest BCUT2D eigenvalue weighted by Crippen LogP contribution is 2.35. The standard InChI is InChI=1S/C20H26FN3O6S/c1-14-12-16(21)2-3-17(14)15-4-8-24(9-5-15)31(29,30)13-20(18(25)22-28)6-10-23(11-7-20)19(26)27/h2-4,12,28H,5-11,13H2,1H3,(H,22,25)(H,26,27). The van der Waals surface area contributed by atoms with Crippen molar-refractivity contribution in [3.63, 3.8) is 0 Å². The second-order valence-corrected chi connectivity index (χ2v) is 10.0. The number of hydrogen-bond donors (Lipinski definition) is 3. The van der Waals surface area contributed by atoms with Crippen molar-refractivity contribution < 1.29 is 32.7 Å². The van der Waals surface area contributed by atoms with Gasteiger partial charge in [0.2, 0.25) is 10.0 Å². The number of likely N-dealkylation sites (tertiary alicyclic amines) is 1. The average molecular weight is 456 g/mol. The number of carbonyl (C=O) groups is 2. The highest BCUT2D eigenvalue weighted by molar-refractivity contribution is 7.89. The Morgan fingerprint density at radius 3 is 2.42 bits per heavy atom. The monoisotopic (exact) mass is 455 g/mol. The first-order valence-corrected chi connectivity index (χ1v) is 11.5. The molecule has 0 atom stereocenters. The number of halogens is 1. The lowest BCUT2D eigenvalue weighted by atomic mass is 9.79. The first-order chi connectivity index (χ1) is 14.6. The van der Waals surface area contributed by atoms with Crippen LogP contribution < -0.4 is 5.48 Å². The van der Waals surface area contributed by atoms with Gasteiger partial charge >= 0.3 is 6.09 Å². The Morgan fingerprint density at radius 1 is 1.23 bits per heavy atom. The predicted molar refractivity (Wildman–Crippen MR) is 110 cm³/mol. The van der Waals surface area contributed by atoms with Gasteiger partial charge in [-0.05, 0) is 55.0 Å². The summed E-state index contributed by atoms with van der Waals surface area (Å²) < 4.78 is 40.9. The van der Waals surface area contributed by atoms with Crippen molar-refractivity contribution in [3.8, 4) is 0 Å². The van der Waals surface area contributed by atoms with Crippen LogP contribution in [0.3, 0.4) is 0 Å².